The number of rotatable bonds is 5. The first-order valence-corrected chi connectivity index (χ1v) is 9.53. The Morgan fingerprint density at radius 1 is 1.25 bits per heavy atom. The van der Waals surface area contributed by atoms with Crippen molar-refractivity contribution in [3.05, 3.63) is 59.9 Å². The number of fused-ring (bicyclic) bond motifs is 1. The second-order valence-electron chi connectivity index (χ2n) is 7.16. The van der Waals surface area contributed by atoms with Crippen LogP contribution >= 0.6 is 0 Å². The highest BCUT2D eigenvalue weighted by Gasteiger charge is 2.29. The molecule has 3 heterocycles. The van der Waals surface area contributed by atoms with Crippen LogP contribution in [0.4, 0.5) is 14.6 Å². The fourth-order valence-electron chi connectivity index (χ4n) is 3.76. The fourth-order valence-corrected chi connectivity index (χ4v) is 3.76. The summed E-state index contributed by atoms with van der Waals surface area (Å²) >= 11 is 0. The second kappa shape index (κ2) is 7.22. The smallest absolute Gasteiger partial charge is 0.140 e. The second-order valence-corrected chi connectivity index (χ2v) is 7.16. The number of anilines is 1. The number of H-pyrrole nitrogens is 1. The van der Waals surface area contributed by atoms with Crippen LogP contribution in [0, 0.1) is 11.6 Å². The van der Waals surface area contributed by atoms with Gasteiger partial charge in [0.2, 0.25) is 0 Å². The van der Waals surface area contributed by atoms with Gasteiger partial charge in [0.15, 0.2) is 0 Å². The topological polar surface area (TPSA) is 49.7 Å². The highest BCUT2D eigenvalue weighted by molar-refractivity contribution is 5.85. The standard InChI is InChI=1S/C21H23F2N5/c1-4-13(2)15-11-24-26-20(15)16-12-25-28-10-6-9-27(21(16)28)14(3)19-17(22)7-5-8-18(19)23/h5,7-8,11-13H,3-4,6,9-10H2,1-2H3,(H,24,26). The summed E-state index contributed by atoms with van der Waals surface area (Å²) in [6.07, 6.45) is 5.42. The van der Waals surface area contributed by atoms with Crippen molar-refractivity contribution in [1.29, 1.82) is 0 Å². The Balaban J connectivity index is 1.82. The molecular formula is C21H23F2N5. The minimum absolute atomic E-state index is 0.102. The number of nitrogens with zero attached hydrogens (tertiary/aromatic N) is 4. The van der Waals surface area contributed by atoms with Crippen molar-refractivity contribution >= 4 is 11.5 Å². The average Bonchev–Trinajstić information content (AvgIpc) is 3.33. The molecule has 28 heavy (non-hydrogen) atoms. The molecule has 146 valence electrons. The van der Waals surface area contributed by atoms with Crippen LogP contribution in [0.5, 0.6) is 0 Å². The normalized spacial score (nSPS) is 14.8. The maximum Gasteiger partial charge on any atom is 0.140 e. The van der Waals surface area contributed by atoms with Crippen LogP contribution in [-0.2, 0) is 6.54 Å². The number of benzene rings is 1. The summed E-state index contributed by atoms with van der Waals surface area (Å²) in [6, 6.07) is 3.86. The molecule has 1 N–H and O–H groups in total. The van der Waals surface area contributed by atoms with Crippen molar-refractivity contribution in [3.8, 4) is 11.3 Å². The van der Waals surface area contributed by atoms with Crippen molar-refractivity contribution < 1.29 is 8.78 Å². The van der Waals surface area contributed by atoms with E-state index in [4.69, 9.17) is 0 Å². The monoisotopic (exact) mass is 383 g/mol. The first kappa shape index (κ1) is 18.4. The lowest BCUT2D eigenvalue weighted by molar-refractivity contribution is 0.539. The van der Waals surface area contributed by atoms with E-state index in [1.807, 2.05) is 15.8 Å². The molecule has 2 aromatic heterocycles. The third-order valence-electron chi connectivity index (χ3n) is 5.48. The van der Waals surface area contributed by atoms with Crippen LogP contribution in [0.1, 0.15) is 43.7 Å². The lowest BCUT2D eigenvalue weighted by Crippen LogP contribution is -2.31. The minimum atomic E-state index is -0.620. The van der Waals surface area contributed by atoms with E-state index in [1.165, 1.54) is 18.2 Å². The van der Waals surface area contributed by atoms with E-state index in [2.05, 4.69) is 35.7 Å². The highest BCUT2D eigenvalue weighted by atomic mass is 19.1. The molecule has 0 aliphatic carbocycles. The molecule has 1 aliphatic heterocycles. The maximum atomic E-state index is 14.4. The molecule has 0 spiro atoms. The van der Waals surface area contributed by atoms with Crippen molar-refractivity contribution in [3.63, 3.8) is 0 Å². The first-order valence-electron chi connectivity index (χ1n) is 9.53. The van der Waals surface area contributed by atoms with Gasteiger partial charge >= 0.3 is 0 Å². The van der Waals surface area contributed by atoms with Gasteiger partial charge in [-0.2, -0.15) is 10.2 Å². The van der Waals surface area contributed by atoms with Crippen molar-refractivity contribution in [2.45, 2.75) is 39.2 Å². The quantitative estimate of drug-likeness (QED) is 0.678. The average molecular weight is 383 g/mol. The molecule has 1 aromatic carbocycles. The van der Waals surface area contributed by atoms with Gasteiger partial charge in [0.25, 0.3) is 0 Å². The SMILES string of the molecule is C=C(c1c(F)cccc1F)N1CCCn2ncc(-c3[nH]ncc3C(C)CC)c21. The summed E-state index contributed by atoms with van der Waals surface area (Å²) in [6.45, 7) is 9.65. The van der Waals surface area contributed by atoms with Crippen molar-refractivity contribution in [2.75, 3.05) is 11.4 Å². The molecule has 1 aliphatic rings. The van der Waals surface area contributed by atoms with Gasteiger partial charge in [0, 0.05) is 24.4 Å². The Labute approximate surface area is 162 Å². The zero-order valence-corrected chi connectivity index (χ0v) is 16.0. The number of nitrogens with one attached hydrogen (secondary N) is 1. The van der Waals surface area contributed by atoms with E-state index in [0.717, 1.165) is 42.0 Å². The number of aryl methyl sites for hydroxylation is 1. The molecule has 1 atom stereocenters. The zero-order valence-electron chi connectivity index (χ0n) is 16.0. The Hall–Kier alpha value is -2.96. The predicted molar refractivity (Wildman–Crippen MR) is 106 cm³/mol. The van der Waals surface area contributed by atoms with Gasteiger partial charge in [-0.05, 0) is 30.9 Å². The van der Waals surface area contributed by atoms with Gasteiger partial charge in [0.05, 0.1) is 29.2 Å². The number of aromatic amines is 1. The number of hydrogen-bond donors (Lipinski definition) is 1. The lowest BCUT2D eigenvalue weighted by atomic mass is 9.96. The molecule has 0 saturated carbocycles. The van der Waals surface area contributed by atoms with E-state index < -0.39 is 11.6 Å². The molecule has 5 nitrogen and oxygen atoms in total. The third-order valence-corrected chi connectivity index (χ3v) is 5.48. The van der Waals surface area contributed by atoms with Gasteiger partial charge in [-0.1, -0.05) is 26.5 Å². The zero-order chi connectivity index (χ0) is 19.8. The molecule has 3 aromatic rings. The summed E-state index contributed by atoms with van der Waals surface area (Å²) in [7, 11) is 0. The van der Waals surface area contributed by atoms with Crippen LogP contribution in [0.3, 0.4) is 0 Å². The number of hydrogen-bond acceptors (Lipinski definition) is 3. The number of halogens is 2. The molecular weight excluding hydrogens is 360 g/mol. The summed E-state index contributed by atoms with van der Waals surface area (Å²) < 4.78 is 30.6. The van der Waals surface area contributed by atoms with Crippen molar-refractivity contribution in [2.24, 2.45) is 0 Å². The van der Waals surface area contributed by atoms with Crippen LogP contribution in [-0.4, -0.2) is 26.5 Å². The van der Waals surface area contributed by atoms with Crippen LogP contribution in [0.2, 0.25) is 0 Å². The van der Waals surface area contributed by atoms with Gasteiger partial charge in [0.1, 0.15) is 17.5 Å². The van der Waals surface area contributed by atoms with E-state index in [1.54, 1.807) is 6.20 Å². The van der Waals surface area contributed by atoms with Gasteiger partial charge < -0.3 is 4.90 Å². The molecule has 0 bridgehead atoms. The van der Waals surface area contributed by atoms with E-state index in [-0.39, 0.29) is 5.56 Å². The third kappa shape index (κ3) is 2.91. The van der Waals surface area contributed by atoms with E-state index in [9.17, 15) is 8.78 Å². The largest absolute Gasteiger partial charge is 0.326 e. The van der Waals surface area contributed by atoms with Gasteiger partial charge in [-0.25, -0.2) is 13.5 Å². The van der Waals surface area contributed by atoms with Crippen LogP contribution in [0.25, 0.3) is 17.0 Å². The molecule has 0 amide bonds. The van der Waals surface area contributed by atoms with Crippen LogP contribution < -0.4 is 4.90 Å². The number of aromatic nitrogens is 4. The Kier molecular flexibility index (Phi) is 4.75. The first-order chi connectivity index (χ1) is 13.5. The Morgan fingerprint density at radius 3 is 2.71 bits per heavy atom. The van der Waals surface area contributed by atoms with Gasteiger partial charge in [-0.15, -0.1) is 0 Å². The summed E-state index contributed by atoms with van der Waals surface area (Å²) in [5.41, 5.74) is 3.05. The van der Waals surface area contributed by atoms with E-state index >= 15 is 0 Å². The molecule has 4 rings (SSSR count). The van der Waals surface area contributed by atoms with Crippen molar-refractivity contribution in [1.82, 2.24) is 20.0 Å². The minimum Gasteiger partial charge on any atom is -0.326 e. The molecule has 0 radical (unpaired) electrons. The molecule has 0 saturated heterocycles. The summed E-state index contributed by atoms with van der Waals surface area (Å²) in [5.74, 6) is -0.128. The predicted octanol–water partition coefficient (Wildman–Crippen LogP) is 4.95. The highest BCUT2D eigenvalue weighted by Crippen LogP contribution is 2.40. The summed E-state index contributed by atoms with van der Waals surface area (Å²) in [4.78, 5) is 1.86. The summed E-state index contributed by atoms with van der Waals surface area (Å²) in [5, 5.41) is 11.8. The lowest BCUT2D eigenvalue weighted by Gasteiger charge is -2.32. The van der Waals surface area contributed by atoms with Gasteiger partial charge in [-0.3, -0.25) is 5.10 Å². The van der Waals surface area contributed by atoms with E-state index in [0.29, 0.717) is 18.2 Å². The molecule has 0 fully saturated rings. The maximum absolute atomic E-state index is 14.4. The Bertz CT molecular complexity index is 999. The van der Waals surface area contributed by atoms with Crippen LogP contribution in [0.15, 0.2) is 37.2 Å². The molecule has 1 unspecified atom stereocenters. The Morgan fingerprint density at radius 2 is 2.00 bits per heavy atom. The molecule has 7 heteroatoms. The fraction of sp³-hybridized carbons (Fsp3) is 0.333.